The highest BCUT2D eigenvalue weighted by atomic mass is 16.4. The van der Waals surface area contributed by atoms with Crippen molar-refractivity contribution in [3.63, 3.8) is 0 Å². The molecule has 1 aromatic rings. The lowest BCUT2D eigenvalue weighted by Crippen LogP contribution is -2.48. The SMILES string of the molecule is CC(c1ccccc1)C(N)C(=O)O.C[C@](N)(CO)C(=O)O. The summed E-state index contributed by atoms with van der Waals surface area (Å²) in [5.74, 6) is -2.31. The van der Waals surface area contributed by atoms with E-state index in [2.05, 4.69) is 0 Å². The zero-order valence-electron chi connectivity index (χ0n) is 12.1. The first kappa shape index (κ1) is 19.0. The number of nitrogens with two attached hydrogens (primary N) is 2. The van der Waals surface area contributed by atoms with Gasteiger partial charge in [0.05, 0.1) is 6.61 Å². The molecule has 0 fully saturated rings. The summed E-state index contributed by atoms with van der Waals surface area (Å²) in [4.78, 5) is 20.6. The number of aliphatic hydroxyl groups excluding tert-OH is 1. The van der Waals surface area contributed by atoms with E-state index >= 15 is 0 Å². The number of hydrogen-bond donors (Lipinski definition) is 5. The van der Waals surface area contributed by atoms with Gasteiger partial charge in [-0.1, -0.05) is 37.3 Å². The van der Waals surface area contributed by atoms with Crippen molar-refractivity contribution in [2.24, 2.45) is 11.5 Å². The lowest BCUT2D eigenvalue weighted by atomic mass is 9.94. The predicted octanol–water partition coefficient (Wildman–Crippen LogP) is -0.0173. The molecule has 0 radical (unpaired) electrons. The van der Waals surface area contributed by atoms with Crippen LogP contribution in [0.1, 0.15) is 25.3 Å². The van der Waals surface area contributed by atoms with Gasteiger partial charge in [0.2, 0.25) is 0 Å². The standard InChI is InChI=1S/C10H13NO2.C4H9NO3/c1-7(9(11)10(12)13)8-5-3-2-4-6-8;1-4(5,2-6)3(7)8/h2-7,9H,11H2,1H3,(H,12,13);6H,2,5H2,1H3,(H,7,8)/t;4-/m.0/s1. The summed E-state index contributed by atoms with van der Waals surface area (Å²) >= 11 is 0. The van der Waals surface area contributed by atoms with E-state index in [-0.39, 0.29) is 5.92 Å². The van der Waals surface area contributed by atoms with Crippen LogP contribution >= 0.6 is 0 Å². The fraction of sp³-hybridized carbons (Fsp3) is 0.429. The third kappa shape index (κ3) is 6.35. The minimum Gasteiger partial charge on any atom is -0.480 e. The van der Waals surface area contributed by atoms with Crippen molar-refractivity contribution in [3.05, 3.63) is 35.9 Å². The molecule has 0 aliphatic heterocycles. The molecule has 118 valence electrons. The van der Waals surface area contributed by atoms with Crippen LogP contribution in [-0.4, -0.2) is 45.4 Å². The number of carboxylic acid groups (broad SMARTS) is 2. The van der Waals surface area contributed by atoms with Crippen molar-refractivity contribution in [1.29, 1.82) is 0 Å². The summed E-state index contributed by atoms with van der Waals surface area (Å²) in [6, 6.07) is 8.58. The maximum Gasteiger partial charge on any atom is 0.325 e. The Morgan fingerprint density at radius 3 is 2.00 bits per heavy atom. The number of carbonyl (C=O) groups is 2. The summed E-state index contributed by atoms with van der Waals surface area (Å²) < 4.78 is 0. The van der Waals surface area contributed by atoms with Gasteiger partial charge in [0.1, 0.15) is 11.6 Å². The normalized spacial score (nSPS) is 15.9. The second-order valence-corrected chi connectivity index (χ2v) is 4.94. The van der Waals surface area contributed by atoms with Crippen molar-refractivity contribution in [1.82, 2.24) is 0 Å². The molecule has 0 bridgehead atoms. The number of benzene rings is 1. The Morgan fingerprint density at radius 2 is 1.71 bits per heavy atom. The molecule has 0 spiro atoms. The highest BCUT2D eigenvalue weighted by Gasteiger charge is 2.26. The fourth-order valence-corrected chi connectivity index (χ4v) is 1.25. The Balaban J connectivity index is 0.000000433. The van der Waals surface area contributed by atoms with Crippen molar-refractivity contribution in [2.45, 2.75) is 31.3 Å². The van der Waals surface area contributed by atoms with Gasteiger partial charge in [0, 0.05) is 5.92 Å². The van der Waals surface area contributed by atoms with Crippen LogP contribution in [0.5, 0.6) is 0 Å². The molecular formula is C14H22N2O5. The molecule has 21 heavy (non-hydrogen) atoms. The van der Waals surface area contributed by atoms with Gasteiger partial charge in [-0.3, -0.25) is 9.59 Å². The van der Waals surface area contributed by atoms with E-state index in [1.54, 1.807) is 0 Å². The zero-order valence-corrected chi connectivity index (χ0v) is 12.1. The van der Waals surface area contributed by atoms with Gasteiger partial charge < -0.3 is 26.8 Å². The van der Waals surface area contributed by atoms with E-state index in [9.17, 15) is 9.59 Å². The van der Waals surface area contributed by atoms with E-state index in [0.29, 0.717) is 0 Å². The maximum absolute atomic E-state index is 10.6. The van der Waals surface area contributed by atoms with Crippen molar-refractivity contribution in [3.8, 4) is 0 Å². The third-order valence-electron chi connectivity index (χ3n) is 2.97. The van der Waals surface area contributed by atoms with Gasteiger partial charge in [-0.25, -0.2) is 0 Å². The third-order valence-corrected chi connectivity index (χ3v) is 2.97. The number of aliphatic hydroxyl groups is 1. The Bertz CT molecular complexity index is 462. The lowest BCUT2D eigenvalue weighted by molar-refractivity contribution is -0.144. The van der Waals surface area contributed by atoms with Crippen LogP contribution in [0.2, 0.25) is 0 Å². The second kappa shape index (κ2) is 8.35. The second-order valence-electron chi connectivity index (χ2n) is 4.94. The first-order valence-corrected chi connectivity index (χ1v) is 6.30. The average molecular weight is 298 g/mol. The lowest BCUT2D eigenvalue weighted by Gasteiger charge is -2.15. The van der Waals surface area contributed by atoms with Crippen molar-refractivity contribution in [2.75, 3.05) is 6.61 Å². The summed E-state index contributed by atoms with van der Waals surface area (Å²) in [6.07, 6.45) is 0. The van der Waals surface area contributed by atoms with E-state index in [1.165, 1.54) is 6.92 Å². The highest BCUT2D eigenvalue weighted by Crippen LogP contribution is 2.17. The fourth-order valence-electron chi connectivity index (χ4n) is 1.25. The molecule has 0 heterocycles. The van der Waals surface area contributed by atoms with E-state index in [1.807, 2.05) is 37.3 Å². The molecular weight excluding hydrogens is 276 g/mol. The smallest absolute Gasteiger partial charge is 0.325 e. The van der Waals surface area contributed by atoms with E-state index < -0.39 is 30.1 Å². The molecule has 7 nitrogen and oxygen atoms in total. The summed E-state index contributed by atoms with van der Waals surface area (Å²) in [6.45, 7) is 2.52. The van der Waals surface area contributed by atoms with Crippen molar-refractivity contribution < 1.29 is 24.9 Å². The van der Waals surface area contributed by atoms with Gasteiger partial charge in [-0.2, -0.15) is 0 Å². The number of carboxylic acids is 2. The molecule has 0 saturated heterocycles. The van der Waals surface area contributed by atoms with Crippen molar-refractivity contribution >= 4 is 11.9 Å². The molecule has 0 aromatic heterocycles. The Labute approximate surface area is 123 Å². The summed E-state index contributed by atoms with van der Waals surface area (Å²) in [5, 5.41) is 25.1. The van der Waals surface area contributed by atoms with Crippen LogP contribution in [0.25, 0.3) is 0 Å². The monoisotopic (exact) mass is 298 g/mol. The maximum atomic E-state index is 10.6. The molecule has 1 rings (SSSR count). The summed E-state index contributed by atoms with van der Waals surface area (Å²) in [7, 11) is 0. The average Bonchev–Trinajstić information content (AvgIpc) is 2.47. The first-order chi connectivity index (χ1) is 9.63. The number of aliphatic carboxylic acids is 2. The Kier molecular flexibility index (Phi) is 7.57. The topological polar surface area (TPSA) is 147 Å². The first-order valence-electron chi connectivity index (χ1n) is 6.30. The zero-order chi connectivity index (χ0) is 16.6. The van der Waals surface area contributed by atoms with Gasteiger partial charge in [-0.15, -0.1) is 0 Å². The molecule has 0 saturated carbocycles. The highest BCUT2D eigenvalue weighted by molar-refractivity contribution is 5.77. The summed E-state index contributed by atoms with van der Waals surface area (Å²) in [5.41, 5.74) is 9.97. The molecule has 3 atom stereocenters. The van der Waals surface area contributed by atoms with Gasteiger partial charge in [0.25, 0.3) is 0 Å². The van der Waals surface area contributed by atoms with Crippen LogP contribution < -0.4 is 11.5 Å². The Hall–Kier alpha value is -1.96. The van der Waals surface area contributed by atoms with E-state index in [0.717, 1.165) is 5.56 Å². The van der Waals surface area contributed by atoms with Crippen LogP contribution in [0, 0.1) is 0 Å². The number of rotatable bonds is 5. The molecule has 1 aromatic carbocycles. The molecule has 7 heteroatoms. The molecule has 0 amide bonds. The molecule has 0 aliphatic carbocycles. The predicted molar refractivity (Wildman–Crippen MR) is 77.8 cm³/mol. The Morgan fingerprint density at radius 1 is 1.24 bits per heavy atom. The largest absolute Gasteiger partial charge is 0.480 e. The molecule has 2 unspecified atom stereocenters. The minimum atomic E-state index is -1.49. The molecule has 7 N–H and O–H groups in total. The van der Waals surface area contributed by atoms with Crippen LogP contribution in [0.4, 0.5) is 0 Å². The number of hydrogen-bond acceptors (Lipinski definition) is 5. The van der Waals surface area contributed by atoms with Crippen LogP contribution in [0.15, 0.2) is 30.3 Å². The van der Waals surface area contributed by atoms with Crippen LogP contribution in [0.3, 0.4) is 0 Å². The van der Waals surface area contributed by atoms with E-state index in [4.69, 9.17) is 26.8 Å². The van der Waals surface area contributed by atoms with Gasteiger partial charge in [0.15, 0.2) is 0 Å². The molecule has 0 aliphatic rings. The minimum absolute atomic E-state index is 0.154. The van der Waals surface area contributed by atoms with Crippen LogP contribution in [-0.2, 0) is 9.59 Å². The quantitative estimate of drug-likeness (QED) is 0.513. The van der Waals surface area contributed by atoms with Gasteiger partial charge >= 0.3 is 11.9 Å². The van der Waals surface area contributed by atoms with Gasteiger partial charge in [-0.05, 0) is 12.5 Å².